The standard InChI is InChI=1S/C30H26ClN5O5S/c1-15-10-19(26-25(34-15)21(14-42-26)29(39)41-30(3,4)5)18-11-17(31)6-7-23(18)40-9-8-36-16(2)35-22-13-33-27(37)20(12-32)24(22)28(36)38/h6-7,10-11,13-14H,8-9H2,1-5H3,(H,33,37). The molecule has 214 valence electrons. The Kier molecular flexibility index (Phi) is 7.62. The Morgan fingerprint density at radius 2 is 1.95 bits per heavy atom. The Hall–Kier alpha value is -4.53. The normalized spacial score (nSPS) is 11.5. The smallest absolute Gasteiger partial charge is 0.341 e. The number of aryl methyl sites for hydroxylation is 2. The lowest BCUT2D eigenvalue weighted by atomic mass is 10.0. The van der Waals surface area contributed by atoms with Crippen LogP contribution in [0.3, 0.4) is 0 Å². The van der Waals surface area contributed by atoms with E-state index in [0.717, 1.165) is 10.3 Å². The van der Waals surface area contributed by atoms with E-state index in [9.17, 15) is 20.0 Å². The lowest BCUT2D eigenvalue weighted by molar-refractivity contribution is 0.00721. The zero-order valence-corrected chi connectivity index (χ0v) is 25.1. The second-order valence-corrected chi connectivity index (χ2v) is 11.9. The van der Waals surface area contributed by atoms with Crippen LogP contribution in [0.5, 0.6) is 11.6 Å². The molecule has 5 rings (SSSR count). The third-order valence-electron chi connectivity index (χ3n) is 6.36. The minimum atomic E-state index is -0.652. The van der Waals surface area contributed by atoms with Gasteiger partial charge in [0.2, 0.25) is 5.88 Å². The van der Waals surface area contributed by atoms with E-state index in [0.29, 0.717) is 38.9 Å². The highest BCUT2D eigenvalue weighted by molar-refractivity contribution is 7.18. The van der Waals surface area contributed by atoms with Gasteiger partial charge in [0.15, 0.2) is 0 Å². The molecule has 0 atom stereocenters. The van der Waals surface area contributed by atoms with E-state index in [2.05, 4.69) is 15.0 Å². The number of hydrogen-bond acceptors (Lipinski definition) is 10. The van der Waals surface area contributed by atoms with E-state index in [-0.39, 0.29) is 29.6 Å². The van der Waals surface area contributed by atoms with Crippen molar-refractivity contribution in [1.29, 1.82) is 5.26 Å². The molecule has 0 fully saturated rings. The lowest BCUT2D eigenvalue weighted by Crippen LogP contribution is -2.27. The highest BCUT2D eigenvalue weighted by atomic mass is 35.5. The van der Waals surface area contributed by atoms with Gasteiger partial charge in [-0.3, -0.25) is 14.3 Å². The number of pyridine rings is 2. The van der Waals surface area contributed by atoms with Crippen LogP contribution in [0.4, 0.5) is 0 Å². The second kappa shape index (κ2) is 11.0. The van der Waals surface area contributed by atoms with Crippen molar-refractivity contribution < 1.29 is 19.4 Å². The van der Waals surface area contributed by atoms with Gasteiger partial charge in [0.05, 0.1) is 39.4 Å². The summed E-state index contributed by atoms with van der Waals surface area (Å²) in [5, 5.41) is 21.7. The van der Waals surface area contributed by atoms with E-state index in [4.69, 9.17) is 21.1 Å². The van der Waals surface area contributed by atoms with Crippen LogP contribution in [0.1, 0.15) is 48.2 Å². The number of benzene rings is 1. The Labute approximate surface area is 249 Å². The molecule has 0 aliphatic heterocycles. The molecule has 10 nitrogen and oxygen atoms in total. The van der Waals surface area contributed by atoms with Crippen molar-refractivity contribution in [2.75, 3.05) is 6.61 Å². The minimum Gasteiger partial charge on any atom is -0.492 e. The first-order chi connectivity index (χ1) is 19.9. The quantitative estimate of drug-likeness (QED) is 0.233. The number of aromatic nitrogens is 4. The molecule has 4 aromatic heterocycles. The van der Waals surface area contributed by atoms with Gasteiger partial charge in [-0.2, -0.15) is 5.26 Å². The predicted molar refractivity (Wildman–Crippen MR) is 160 cm³/mol. The number of rotatable bonds is 6. The molecular weight excluding hydrogens is 578 g/mol. The van der Waals surface area contributed by atoms with E-state index >= 15 is 0 Å². The number of fused-ring (bicyclic) bond motifs is 2. The Balaban J connectivity index is 1.50. The van der Waals surface area contributed by atoms with Gasteiger partial charge in [-0.1, -0.05) is 11.6 Å². The molecule has 42 heavy (non-hydrogen) atoms. The van der Waals surface area contributed by atoms with Crippen LogP contribution < -0.4 is 10.3 Å². The molecule has 1 N–H and O–H groups in total. The van der Waals surface area contributed by atoms with E-state index < -0.39 is 23.0 Å². The Bertz CT molecular complexity index is 1990. The average molecular weight is 604 g/mol. The number of esters is 1. The monoisotopic (exact) mass is 603 g/mol. The summed E-state index contributed by atoms with van der Waals surface area (Å²) in [4.78, 5) is 39.0. The summed E-state index contributed by atoms with van der Waals surface area (Å²) in [5.41, 5.74) is 1.97. The van der Waals surface area contributed by atoms with Crippen molar-refractivity contribution in [2.45, 2.75) is 46.8 Å². The number of nitriles is 1. The zero-order valence-electron chi connectivity index (χ0n) is 23.5. The van der Waals surface area contributed by atoms with E-state index in [1.165, 1.54) is 22.1 Å². The molecule has 0 aliphatic rings. The maximum Gasteiger partial charge on any atom is 0.341 e. The molecular formula is C30H26ClN5O5S. The molecule has 0 saturated carbocycles. The van der Waals surface area contributed by atoms with Crippen molar-refractivity contribution in [2.24, 2.45) is 0 Å². The highest BCUT2D eigenvalue weighted by Gasteiger charge is 2.24. The van der Waals surface area contributed by atoms with Crippen LogP contribution in [0, 0.1) is 25.2 Å². The van der Waals surface area contributed by atoms with Crippen LogP contribution in [-0.2, 0) is 11.3 Å². The maximum atomic E-state index is 13.3. The number of aromatic hydroxyl groups is 1. The van der Waals surface area contributed by atoms with E-state index in [1.807, 2.05) is 39.8 Å². The fourth-order valence-electron chi connectivity index (χ4n) is 4.58. The molecule has 1 aromatic carbocycles. The van der Waals surface area contributed by atoms with Crippen molar-refractivity contribution >= 4 is 50.0 Å². The zero-order chi connectivity index (χ0) is 30.3. The molecule has 4 heterocycles. The summed E-state index contributed by atoms with van der Waals surface area (Å²) in [7, 11) is 0. The van der Waals surface area contributed by atoms with Gasteiger partial charge in [0, 0.05) is 27.2 Å². The van der Waals surface area contributed by atoms with Crippen molar-refractivity contribution in [3.63, 3.8) is 0 Å². The average Bonchev–Trinajstić information content (AvgIpc) is 3.34. The fraction of sp³-hybridized carbons (Fsp3) is 0.267. The lowest BCUT2D eigenvalue weighted by Gasteiger charge is -2.19. The predicted octanol–water partition coefficient (Wildman–Crippen LogP) is 5.95. The van der Waals surface area contributed by atoms with Gasteiger partial charge < -0.3 is 14.6 Å². The SMILES string of the molecule is Cc1cc(-c2cc(Cl)ccc2OCCn2c(C)nc3cnc(O)c(C#N)c3c2=O)c2scc(C(=O)OC(C)(C)C)c2n1. The first-order valence-corrected chi connectivity index (χ1v) is 14.2. The van der Waals surface area contributed by atoms with Gasteiger partial charge in [0.1, 0.15) is 35.4 Å². The molecule has 0 spiro atoms. The van der Waals surface area contributed by atoms with Crippen LogP contribution in [0.25, 0.3) is 32.2 Å². The topological polar surface area (TPSA) is 140 Å². The molecule has 0 saturated heterocycles. The Morgan fingerprint density at radius 3 is 2.67 bits per heavy atom. The third kappa shape index (κ3) is 5.51. The minimum absolute atomic E-state index is 0.00378. The van der Waals surface area contributed by atoms with Crippen LogP contribution >= 0.6 is 22.9 Å². The summed E-state index contributed by atoms with van der Waals surface area (Å²) in [5.74, 6) is -0.0568. The van der Waals surface area contributed by atoms with Crippen molar-refractivity contribution in [3.05, 3.63) is 73.9 Å². The largest absolute Gasteiger partial charge is 0.492 e. The molecule has 0 unspecified atom stereocenters. The molecule has 12 heteroatoms. The van der Waals surface area contributed by atoms with Crippen molar-refractivity contribution in [1.82, 2.24) is 19.5 Å². The number of halogens is 1. The summed E-state index contributed by atoms with van der Waals surface area (Å²) < 4.78 is 13.9. The molecule has 5 aromatic rings. The first-order valence-electron chi connectivity index (χ1n) is 12.9. The van der Waals surface area contributed by atoms with Crippen molar-refractivity contribution in [3.8, 4) is 28.8 Å². The third-order valence-corrected chi connectivity index (χ3v) is 7.59. The summed E-state index contributed by atoms with van der Waals surface area (Å²) in [6.45, 7) is 9.15. The van der Waals surface area contributed by atoms with E-state index in [1.54, 1.807) is 30.5 Å². The van der Waals surface area contributed by atoms with Gasteiger partial charge in [-0.25, -0.2) is 14.8 Å². The number of carbonyl (C=O) groups is 1. The number of carbonyl (C=O) groups excluding carboxylic acids is 1. The first kappa shape index (κ1) is 29.0. The van der Waals surface area contributed by atoms with Crippen LogP contribution in [-0.4, -0.2) is 42.8 Å². The summed E-state index contributed by atoms with van der Waals surface area (Å²) in [6.07, 6.45) is 1.26. The van der Waals surface area contributed by atoms with Gasteiger partial charge in [0.25, 0.3) is 5.56 Å². The highest BCUT2D eigenvalue weighted by Crippen LogP contribution is 2.40. The van der Waals surface area contributed by atoms with Gasteiger partial charge in [-0.15, -0.1) is 11.3 Å². The fourth-order valence-corrected chi connectivity index (χ4v) is 5.76. The number of hydrogen-bond donors (Lipinski definition) is 1. The number of thiophene rings is 1. The summed E-state index contributed by atoms with van der Waals surface area (Å²) in [6, 6.07) is 8.97. The second-order valence-electron chi connectivity index (χ2n) is 10.6. The molecule has 0 amide bonds. The van der Waals surface area contributed by atoms with Crippen LogP contribution in [0.15, 0.2) is 40.6 Å². The number of nitrogens with zero attached hydrogens (tertiary/aromatic N) is 5. The van der Waals surface area contributed by atoms with Gasteiger partial charge >= 0.3 is 5.97 Å². The molecule has 0 bridgehead atoms. The maximum absolute atomic E-state index is 13.3. The van der Waals surface area contributed by atoms with Crippen LogP contribution in [0.2, 0.25) is 5.02 Å². The van der Waals surface area contributed by atoms with Gasteiger partial charge in [-0.05, 0) is 58.9 Å². The number of ether oxygens (including phenoxy) is 2. The Morgan fingerprint density at radius 1 is 1.19 bits per heavy atom. The summed E-state index contributed by atoms with van der Waals surface area (Å²) >= 11 is 7.78. The molecule has 0 aliphatic carbocycles. The molecule has 0 radical (unpaired) electrons.